The summed E-state index contributed by atoms with van der Waals surface area (Å²) < 4.78 is 21.4. The van der Waals surface area contributed by atoms with Gasteiger partial charge >= 0.3 is 0 Å². The van der Waals surface area contributed by atoms with E-state index in [4.69, 9.17) is 19.4 Å². The minimum atomic E-state index is -1.16. The number of hydrogen-bond donors (Lipinski definition) is 0. The summed E-state index contributed by atoms with van der Waals surface area (Å²) in [5, 5.41) is 26.8. The van der Waals surface area contributed by atoms with Crippen LogP contribution in [0.15, 0.2) is 243 Å². The van der Waals surface area contributed by atoms with Crippen LogP contribution in [0.25, 0.3) is 93.9 Å². The van der Waals surface area contributed by atoms with E-state index in [1.165, 1.54) is 0 Å². The van der Waals surface area contributed by atoms with E-state index in [1.807, 2.05) is 73.1 Å². The fraction of sp³-hybridized carbons (Fsp3) is 0.0137. The zero-order valence-corrected chi connectivity index (χ0v) is 44.0. The molecule has 10 nitrogen and oxygen atoms in total. The molecule has 0 fully saturated rings. The summed E-state index contributed by atoms with van der Waals surface area (Å²) in [4.78, 5) is 13.4. The number of pyridine rings is 2. The number of hydrogen-bond acceptors (Lipinski definition) is 7. The van der Waals surface area contributed by atoms with Crippen LogP contribution in [0.4, 0.5) is 17.1 Å². The third kappa shape index (κ3) is 5.97. The summed E-state index contributed by atoms with van der Waals surface area (Å²) in [6.07, 6.45) is 3.97. The minimum absolute atomic E-state index is 0.580. The quantitative estimate of drug-likeness (QED) is 0.173. The normalized spacial score (nSPS) is 13.3. The molecule has 0 saturated heterocycles. The van der Waals surface area contributed by atoms with Gasteiger partial charge < -0.3 is 28.1 Å². The van der Waals surface area contributed by atoms with E-state index >= 15 is 0 Å². The van der Waals surface area contributed by atoms with Crippen molar-refractivity contribution in [3.63, 3.8) is 0 Å². The van der Waals surface area contributed by atoms with Crippen LogP contribution in [0.2, 0.25) is 0 Å². The molecule has 1 spiro atoms. The van der Waals surface area contributed by atoms with E-state index in [2.05, 4.69) is 201 Å². The molecule has 0 amide bonds. The third-order valence-electron chi connectivity index (χ3n) is 17.4. The Morgan fingerprint density at radius 3 is 1.23 bits per heavy atom. The van der Waals surface area contributed by atoms with Crippen molar-refractivity contribution >= 4 is 82.5 Å². The van der Waals surface area contributed by atoms with Crippen LogP contribution in [-0.4, -0.2) is 23.7 Å². The lowest BCUT2D eigenvalue weighted by Gasteiger charge is -2.41. The SMILES string of the molecule is N#Cc1ccc2c(c1)c1ccccc1n2-c1cccc2c1Oc1c(-n3c4ccccc4c4cc(C#N)ccc43)cccc1C21c2cc(N3c4ccccc4Oc4ccccc43)cnc2-c2ncc(-n3c4ccccc4c4ccccc43)cc21. The number of rotatable bonds is 4. The first-order valence-electron chi connectivity index (χ1n) is 27.6. The number of nitrogens with zero attached hydrogens (tertiary/aromatic N) is 8. The molecule has 10 aromatic carbocycles. The van der Waals surface area contributed by atoms with Gasteiger partial charge in [-0.25, -0.2) is 0 Å². The van der Waals surface area contributed by atoms with Crippen molar-refractivity contribution in [2.75, 3.05) is 4.90 Å². The molecule has 0 radical (unpaired) electrons. The number of aromatic nitrogens is 5. The first-order chi connectivity index (χ1) is 41.1. The summed E-state index contributed by atoms with van der Waals surface area (Å²) in [6, 6.07) is 84.6. The van der Waals surface area contributed by atoms with Crippen molar-refractivity contribution in [3.8, 4) is 63.6 Å². The molecule has 0 bridgehead atoms. The monoisotopic (exact) mass is 1060 g/mol. The molecule has 0 saturated carbocycles. The van der Waals surface area contributed by atoms with Gasteiger partial charge in [0.15, 0.2) is 23.0 Å². The van der Waals surface area contributed by atoms with E-state index < -0.39 is 5.41 Å². The van der Waals surface area contributed by atoms with Crippen molar-refractivity contribution in [1.82, 2.24) is 23.7 Å². The molecule has 7 heterocycles. The van der Waals surface area contributed by atoms with Crippen molar-refractivity contribution in [2.45, 2.75) is 5.41 Å². The van der Waals surface area contributed by atoms with Crippen LogP contribution < -0.4 is 14.4 Å². The van der Waals surface area contributed by atoms with Crippen LogP contribution in [0, 0.1) is 22.7 Å². The van der Waals surface area contributed by atoms with Crippen molar-refractivity contribution in [1.29, 1.82) is 10.5 Å². The molecular weight excluding hydrogens is 1020 g/mol. The second-order valence-corrected chi connectivity index (χ2v) is 21.5. The number of anilines is 3. The number of para-hydroxylation sites is 10. The number of nitriles is 2. The molecule has 0 N–H and O–H groups in total. The van der Waals surface area contributed by atoms with Crippen molar-refractivity contribution in [2.24, 2.45) is 0 Å². The molecule has 0 atom stereocenters. The van der Waals surface area contributed by atoms with E-state index in [9.17, 15) is 10.5 Å². The van der Waals surface area contributed by atoms with E-state index in [-0.39, 0.29) is 0 Å². The molecule has 1 aliphatic carbocycles. The van der Waals surface area contributed by atoms with Crippen LogP contribution in [0.5, 0.6) is 23.0 Å². The first-order valence-corrected chi connectivity index (χ1v) is 27.6. The molecule has 3 aliphatic rings. The molecule has 5 aromatic heterocycles. The predicted molar refractivity (Wildman–Crippen MR) is 327 cm³/mol. The minimum Gasteiger partial charge on any atom is -0.453 e. The number of benzene rings is 10. The van der Waals surface area contributed by atoms with Crippen LogP contribution in [0.3, 0.4) is 0 Å². The Hall–Kier alpha value is -11.7. The largest absolute Gasteiger partial charge is 0.453 e. The van der Waals surface area contributed by atoms with Gasteiger partial charge in [-0.15, -0.1) is 0 Å². The van der Waals surface area contributed by atoms with Crippen molar-refractivity contribution < 1.29 is 9.47 Å². The van der Waals surface area contributed by atoms with Crippen LogP contribution in [-0.2, 0) is 5.41 Å². The fourth-order valence-corrected chi connectivity index (χ4v) is 14.1. The van der Waals surface area contributed by atoms with Gasteiger partial charge in [0.25, 0.3) is 0 Å². The summed E-state index contributed by atoms with van der Waals surface area (Å²) in [5.74, 6) is 2.78. The highest BCUT2D eigenvalue weighted by Crippen LogP contribution is 2.65. The standard InChI is InChI=1S/C73H40N8O2/c74-39-43-31-33-61-51(35-43)49-17-3-7-23-59(49)80(61)65-27-13-19-53-71(65)83-72-54(20-14-28-66(72)81-60-24-8-4-18-50(60)52-36-44(40-75)32-34-62(52)81)73(53)55-37-45(78-57-21-5-1-15-47(57)48-16-2-6-22-58(48)78)41-76-69(55)70-56(73)38-46(42-77-70)79-63-25-9-11-29-67(63)82-68-30-12-10-26-64(68)79/h1-38,41-42H. The molecule has 83 heavy (non-hydrogen) atoms. The topological polar surface area (TPSA) is 110 Å². The molecule has 18 rings (SSSR count). The van der Waals surface area contributed by atoms with Gasteiger partial charge in [0.1, 0.15) is 0 Å². The Labute approximate surface area is 474 Å². The van der Waals surface area contributed by atoms with E-state index in [0.717, 1.165) is 145 Å². The molecule has 2 aliphatic heterocycles. The van der Waals surface area contributed by atoms with Crippen molar-refractivity contribution in [3.05, 3.63) is 276 Å². The number of fused-ring (bicyclic) bond motifs is 20. The summed E-state index contributed by atoms with van der Waals surface area (Å²) in [7, 11) is 0. The Morgan fingerprint density at radius 2 is 0.735 bits per heavy atom. The number of ether oxygens (including phenoxy) is 2. The average Bonchev–Trinajstić information content (AvgIpc) is 1.81. The van der Waals surface area contributed by atoms with Crippen LogP contribution >= 0.6 is 0 Å². The maximum absolute atomic E-state index is 10.3. The lowest BCUT2D eigenvalue weighted by molar-refractivity contribution is 0.433. The molecule has 0 unspecified atom stereocenters. The smallest absolute Gasteiger partial charge is 0.156 e. The first kappa shape index (κ1) is 45.2. The second kappa shape index (κ2) is 16.7. The summed E-state index contributed by atoms with van der Waals surface area (Å²) in [5.41, 5.74) is 16.3. The molecule has 384 valence electrons. The highest BCUT2D eigenvalue weighted by atomic mass is 16.5. The highest BCUT2D eigenvalue weighted by Gasteiger charge is 2.54. The maximum atomic E-state index is 10.3. The van der Waals surface area contributed by atoms with Gasteiger partial charge in [-0.2, -0.15) is 10.5 Å². The Morgan fingerprint density at radius 1 is 0.337 bits per heavy atom. The van der Waals surface area contributed by atoms with Gasteiger partial charge in [0.05, 0.1) is 120 Å². The Balaban J connectivity index is 1.01. The van der Waals surface area contributed by atoms with Gasteiger partial charge in [-0.3, -0.25) is 9.97 Å². The zero-order chi connectivity index (χ0) is 54.7. The summed E-state index contributed by atoms with van der Waals surface area (Å²) >= 11 is 0. The van der Waals surface area contributed by atoms with Gasteiger partial charge in [0, 0.05) is 54.6 Å². The molecule has 15 aromatic rings. The second-order valence-electron chi connectivity index (χ2n) is 21.5. The van der Waals surface area contributed by atoms with Crippen LogP contribution in [0.1, 0.15) is 33.4 Å². The van der Waals surface area contributed by atoms with Gasteiger partial charge in [0.2, 0.25) is 0 Å². The average molecular weight is 1060 g/mol. The summed E-state index contributed by atoms with van der Waals surface area (Å²) in [6.45, 7) is 0. The maximum Gasteiger partial charge on any atom is 0.156 e. The third-order valence-corrected chi connectivity index (χ3v) is 17.4. The zero-order valence-electron chi connectivity index (χ0n) is 44.0. The van der Waals surface area contributed by atoms with E-state index in [1.54, 1.807) is 0 Å². The molecule has 10 heteroatoms. The Bertz CT molecular complexity index is 5200. The van der Waals surface area contributed by atoms with Gasteiger partial charge in [-0.1, -0.05) is 121 Å². The lowest BCUT2D eigenvalue weighted by Crippen LogP contribution is -2.33. The Kier molecular flexibility index (Phi) is 9.07. The van der Waals surface area contributed by atoms with E-state index in [0.29, 0.717) is 22.6 Å². The predicted octanol–water partition coefficient (Wildman–Crippen LogP) is 17.6. The molecular formula is C73H40N8O2. The highest BCUT2D eigenvalue weighted by molar-refractivity contribution is 6.12. The van der Waals surface area contributed by atoms with Gasteiger partial charge in [-0.05, 0) is 109 Å². The lowest BCUT2D eigenvalue weighted by atomic mass is 9.66. The fourth-order valence-electron chi connectivity index (χ4n) is 14.1.